The van der Waals surface area contributed by atoms with Crippen LogP contribution in [0.4, 0.5) is 0 Å². The summed E-state index contributed by atoms with van der Waals surface area (Å²) in [5.74, 6) is 0.162. The van der Waals surface area contributed by atoms with Gasteiger partial charge in [0.1, 0.15) is 0 Å². The second-order valence-electron chi connectivity index (χ2n) is 8.65. The third-order valence-corrected chi connectivity index (χ3v) is 5.21. The van der Waals surface area contributed by atoms with Crippen LogP contribution >= 0.6 is 0 Å². The maximum Gasteiger partial charge on any atom is 0.253 e. The van der Waals surface area contributed by atoms with Crippen molar-refractivity contribution in [1.29, 1.82) is 0 Å². The summed E-state index contributed by atoms with van der Waals surface area (Å²) in [4.78, 5) is 36.8. The Bertz CT molecular complexity index is 508. The molecule has 5 nitrogen and oxygen atoms in total. The SMILES string of the molecule is CC(C)(C)CCCCNC(=O)C1CCC(CN2C(=O)C=CC2=O)CC1. The highest BCUT2D eigenvalue weighted by Gasteiger charge is 2.31. The maximum atomic E-state index is 12.3. The van der Waals surface area contributed by atoms with Crippen LogP contribution in [-0.2, 0) is 14.4 Å². The smallest absolute Gasteiger partial charge is 0.253 e. The molecule has 1 fully saturated rings. The van der Waals surface area contributed by atoms with Gasteiger partial charge in [0, 0.05) is 31.2 Å². The topological polar surface area (TPSA) is 66.5 Å². The van der Waals surface area contributed by atoms with Crippen LogP contribution in [0.2, 0.25) is 0 Å². The zero-order valence-corrected chi connectivity index (χ0v) is 15.8. The van der Waals surface area contributed by atoms with Gasteiger partial charge in [-0.2, -0.15) is 0 Å². The highest BCUT2D eigenvalue weighted by molar-refractivity contribution is 6.12. The van der Waals surface area contributed by atoms with E-state index in [4.69, 9.17) is 0 Å². The van der Waals surface area contributed by atoms with Gasteiger partial charge >= 0.3 is 0 Å². The van der Waals surface area contributed by atoms with Crippen LogP contribution in [0.1, 0.15) is 65.7 Å². The quantitative estimate of drug-likeness (QED) is 0.568. The fraction of sp³-hybridized carbons (Fsp3) is 0.750. The van der Waals surface area contributed by atoms with E-state index in [0.717, 1.165) is 45.1 Å². The molecule has 0 aromatic carbocycles. The molecule has 2 aliphatic rings. The number of imide groups is 1. The number of hydrogen-bond donors (Lipinski definition) is 1. The largest absolute Gasteiger partial charge is 0.356 e. The Morgan fingerprint density at radius 1 is 1.08 bits per heavy atom. The van der Waals surface area contributed by atoms with Gasteiger partial charge in [0.2, 0.25) is 5.91 Å². The van der Waals surface area contributed by atoms with E-state index in [-0.39, 0.29) is 23.6 Å². The Balaban J connectivity index is 1.62. The molecule has 1 heterocycles. The van der Waals surface area contributed by atoms with Gasteiger partial charge < -0.3 is 5.32 Å². The summed E-state index contributed by atoms with van der Waals surface area (Å²) in [6.45, 7) is 7.97. The van der Waals surface area contributed by atoms with Crippen molar-refractivity contribution in [1.82, 2.24) is 10.2 Å². The van der Waals surface area contributed by atoms with E-state index < -0.39 is 0 Å². The summed E-state index contributed by atoms with van der Waals surface area (Å²) >= 11 is 0. The molecule has 0 radical (unpaired) electrons. The number of carbonyl (C=O) groups is 3. The predicted molar refractivity (Wildman–Crippen MR) is 97.6 cm³/mol. The van der Waals surface area contributed by atoms with Gasteiger partial charge in [-0.25, -0.2) is 0 Å². The van der Waals surface area contributed by atoms with E-state index >= 15 is 0 Å². The Kier molecular flexibility index (Phi) is 6.79. The average molecular weight is 348 g/mol. The molecule has 3 amide bonds. The molecular weight excluding hydrogens is 316 g/mol. The molecule has 25 heavy (non-hydrogen) atoms. The normalized spacial score (nSPS) is 24.0. The van der Waals surface area contributed by atoms with E-state index in [0.29, 0.717) is 17.9 Å². The molecule has 2 rings (SSSR count). The summed E-state index contributed by atoms with van der Waals surface area (Å²) in [6, 6.07) is 0. The molecule has 5 heteroatoms. The van der Waals surface area contributed by atoms with Crippen molar-refractivity contribution < 1.29 is 14.4 Å². The summed E-state index contributed by atoms with van der Waals surface area (Å²) in [5.41, 5.74) is 0.357. The van der Waals surface area contributed by atoms with E-state index in [9.17, 15) is 14.4 Å². The van der Waals surface area contributed by atoms with Crippen molar-refractivity contribution in [2.45, 2.75) is 65.7 Å². The van der Waals surface area contributed by atoms with Crippen molar-refractivity contribution >= 4 is 17.7 Å². The third kappa shape index (κ3) is 6.29. The minimum Gasteiger partial charge on any atom is -0.356 e. The Morgan fingerprint density at radius 2 is 1.68 bits per heavy atom. The van der Waals surface area contributed by atoms with E-state index in [1.54, 1.807) is 0 Å². The number of nitrogens with one attached hydrogen (secondary N) is 1. The highest BCUT2D eigenvalue weighted by atomic mass is 16.2. The summed E-state index contributed by atoms with van der Waals surface area (Å²) < 4.78 is 0. The molecule has 0 bridgehead atoms. The monoisotopic (exact) mass is 348 g/mol. The van der Waals surface area contributed by atoms with Crippen LogP contribution in [0.5, 0.6) is 0 Å². The maximum absolute atomic E-state index is 12.3. The molecule has 0 spiro atoms. The molecule has 1 saturated carbocycles. The molecule has 0 saturated heterocycles. The van der Waals surface area contributed by atoms with Gasteiger partial charge in [0.15, 0.2) is 0 Å². The van der Waals surface area contributed by atoms with Crippen molar-refractivity contribution in [3.8, 4) is 0 Å². The number of rotatable bonds is 7. The molecule has 0 unspecified atom stereocenters. The molecule has 1 N–H and O–H groups in total. The van der Waals surface area contributed by atoms with Crippen molar-refractivity contribution in [2.75, 3.05) is 13.1 Å². The lowest BCUT2D eigenvalue weighted by molar-refractivity contribution is -0.138. The average Bonchev–Trinajstić information content (AvgIpc) is 2.86. The van der Waals surface area contributed by atoms with Crippen LogP contribution in [0.25, 0.3) is 0 Å². The van der Waals surface area contributed by atoms with Crippen LogP contribution in [0.15, 0.2) is 12.2 Å². The van der Waals surface area contributed by atoms with Crippen molar-refractivity contribution in [3.05, 3.63) is 12.2 Å². The van der Waals surface area contributed by atoms with Crippen molar-refractivity contribution in [2.24, 2.45) is 17.3 Å². The fourth-order valence-electron chi connectivity index (χ4n) is 3.61. The highest BCUT2D eigenvalue weighted by Crippen LogP contribution is 2.30. The number of hydrogen-bond acceptors (Lipinski definition) is 3. The van der Waals surface area contributed by atoms with Gasteiger partial charge in [-0.05, 0) is 49.9 Å². The predicted octanol–water partition coefficient (Wildman–Crippen LogP) is 3.05. The Hall–Kier alpha value is -1.65. The van der Waals surface area contributed by atoms with Crippen LogP contribution < -0.4 is 5.32 Å². The van der Waals surface area contributed by atoms with Gasteiger partial charge in [0.05, 0.1) is 0 Å². The lowest BCUT2D eigenvalue weighted by Gasteiger charge is -2.30. The zero-order chi connectivity index (χ0) is 18.4. The molecule has 0 atom stereocenters. The standard InChI is InChI=1S/C20H32N2O3/c1-20(2,3)12-4-5-13-21-19(25)16-8-6-15(7-9-16)14-22-17(23)10-11-18(22)24/h10-11,15-16H,4-9,12-14H2,1-3H3,(H,21,25). The van der Waals surface area contributed by atoms with Gasteiger partial charge in [-0.3, -0.25) is 19.3 Å². The van der Waals surface area contributed by atoms with Crippen LogP contribution in [0, 0.1) is 17.3 Å². The van der Waals surface area contributed by atoms with Crippen LogP contribution in [-0.4, -0.2) is 35.7 Å². The van der Waals surface area contributed by atoms with Gasteiger partial charge in [0.25, 0.3) is 11.8 Å². The van der Waals surface area contributed by atoms with Gasteiger partial charge in [-0.1, -0.05) is 27.2 Å². The molecule has 140 valence electrons. The Labute approximate surface area is 151 Å². The lowest BCUT2D eigenvalue weighted by atomic mass is 9.81. The first-order valence-corrected chi connectivity index (χ1v) is 9.57. The fourth-order valence-corrected chi connectivity index (χ4v) is 3.61. The first-order valence-electron chi connectivity index (χ1n) is 9.57. The summed E-state index contributed by atoms with van der Waals surface area (Å²) in [5, 5.41) is 3.07. The van der Waals surface area contributed by atoms with E-state index in [1.807, 2.05) is 0 Å². The summed E-state index contributed by atoms with van der Waals surface area (Å²) in [7, 11) is 0. The number of carbonyl (C=O) groups excluding carboxylic acids is 3. The Morgan fingerprint density at radius 3 is 2.24 bits per heavy atom. The second-order valence-corrected chi connectivity index (χ2v) is 8.65. The molecule has 1 aliphatic carbocycles. The third-order valence-electron chi connectivity index (χ3n) is 5.21. The summed E-state index contributed by atoms with van der Waals surface area (Å²) in [6.07, 6.45) is 9.52. The minimum absolute atomic E-state index is 0.0852. The molecular formula is C20H32N2O3. The van der Waals surface area contributed by atoms with Gasteiger partial charge in [-0.15, -0.1) is 0 Å². The van der Waals surface area contributed by atoms with Crippen LogP contribution in [0.3, 0.4) is 0 Å². The van der Waals surface area contributed by atoms with Crippen molar-refractivity contribution in [3.63, 3.8) is 0 Å². The molecule has 0 aromatic heterocycles. The molecule has 0 aromatic rings. The van der Waals surface area contributed by atoms with E-state index in [1.165, 1.54) is 23.5 Å². The lowest BCUT2D eigenvalue weighted by Crippen LogP contribution is -2.38. The first-order chi connectivity index (χ1) is 11.8. The zero-order valence-electron chi connectivity index (χ0n) is 15.8. The molecule has 1 aliphatic heterocycles. The van der Waals surface area contributed by atoms with E-state index in [2.05, 4.69) is 26.1 Å². The number of nitrogens with zero attached hydrogens (tertiary/aromatic N) is 1. The second kappa shape index (κ2) is 8.63. The first kappa shape index (κ1) is 19.7. The minimum atomic E-state index is -0.208. The number of amides is 3. The number of unbranched alkanes of at least 4 members (excludes halogenated alkanes) is 1.